The van der Waals surface area contributed by atoms with Gasteiger partial charge in [0.1, 0.15) is 0 Å². The third-order valence-corrected chi connectivity index (χ3v) is 6.39. The molecular formula is C21H30O4. The predicted octanol–water partition coefficient (Wildman–Crippen LogP) is 4.43. The zero-order valence-electron chi connectivity index (χ0n) is 16.2. The highest BCUT2D eigenvalue weighted by Gasteiger charge is 2.56. The topological polar surface area (TPSA) is 55.8 Å². The van der Waals surface area contributed by atoms with Gasteiger partial charge < -0.3 is 14.6 Å². The van der Waals surface area contributed by atoms with Crippen molar-refractivity contribution in [2.45, 2.75) is 71.5 Å². The number of benzene rings is 1. The number of carbonyl (C=O) groups excluding carboxylic acids is 1. The third kappa shape index (κ3) is 2.57. The van der Waals surface area contributed by atoms with E-state index in [4.69, 9.17) is 9.47 Å². The molecule has 138 valence electrons. The van der Waals surface area contributed by atoms with Crippen LogP contribution in [0, 0.1) is 11.3 Å². The van der Waals surface area contributed by atoms with Crippen molar-refractivity contribution in [3.8, 4) is 11.5 Å². The van der Waals surface area contributed by atoms with Crippen LogP contribution in [-0.2, 0) is 5.41 Å². The van der Waals surface area contributed by atoms with E-state index in [-0.39, 0.29) is 22.7 Å². The van der Waals surface area contributed by atoms with Gasteiger partial charge in [-0.15, -0.1) is 0 Å². The molecule has 1 heterocycles. The van der Waals surface area contributed by atoms with Crippen LogP contribution < -0.4 is 9.47 Å². The zero-order valence-corrected chi connectivity index (χ0v) is 16.2. The molecule has 25 heavy (non-hydrogen) atoms. The zero-order chi connectivity index (χ0) is 18.6. The minimum Gasteiger partial charge on any atom is -0.493 e. The minimum absolute atomic E-state index is 0.0606. The Morgan fingerprint density at radius 1 is 1.32 bits per heavy atom. The molecule has 1 saturated carbocycles. The monoisotopic (exact) mass is 346 g/mol. The van der Waals surface area contributed by atoms with Gasteiger partial charge >= 0.3 is 0 Å². The summed E-state index contributed by atoms with van der Waals surface area (Å²) in [4.78, 5) is 12.0. The summed E-state index contributed by atoms with van der Waals surface area (Å²) in [7, 11) is 1.62. The maximum Gasteiger partial charge on any atom is 0.201 e. The number of hydrogen-bond acceptors (Lipinski definition) is 4. The van der Waals surface area contributed by atoms with Crippen LogP contribution in [0.3, 0.4) is 0 Å². The molecule has 0 bridgehead atoms. The van der Waals surface area contributed by atoms with E-state index in [1.165, 1.54) is 0 Å². The molecule has 1 aromatic carbocycles. The van der Waals surface area contributed by atoms with Crippen LogP contribution in [0.15, 0.2) is 6.07 Å². The van der Waals surface area contributed by atoms with Gasteiger partial charge in [-0.05, 0) is 30.2 Å². The molecule has 1 fully saturated rings. The van der Waals surface area contributed by atoms with Gasteiger partial charge in [0.15, 0.2) is 17.8 Å². The lowest BCUT2D eigenvalue weighted by molar-refractivity contribution is -0.156. The Morgan fingerprint density at radius 3 is 2.56 bits per heavy atom. The molecule has 4 nitrogen and oxygen atoms in total. The highest BCUT2D eigenvalue weighted by Crippen LogP contribution is 2.60. The average molecular weight is 346 g/mol. The van der Waals surface area contributed by atoms with Gasteiger partial charge in [0.05, 0.1) is 7.11 Å². The van der Waals surface area contributed by atoms with Gasteiger partial charge in [0.25, 0.3) is 0 Å². The average Bonchev–Trinajstić information content (AvgIpc) is 2.51. The number of ether oxygens (including phenoxy) is 2. The lowest BCUT2D eigenvalue weighted by Crippen LogP contribution is -2.55. The van der Waals surface area contributed by atoms with Crippen LogP contribution in [0.25, 0.3) is 0 Å². The molecule has 1 aromatic rings. The van der Waals surface area contributed by atoms with Crippen LogP contribution in [-0.4, -0.2) is 24.8 Å². The van der Waals surface area contributed by atoms with E-state index < -0.39 is 6.29 Å². The number of aliphatic hydroxyl groups excluding tert-OH is 1. The molecule has 0 saturated heterocycles. The first-order valence-electron chi connectivity index (χ1n) is 9.22. The van der Waals surface area contributed by atoms with Crippen LogP contribution in [0.5, 0.6) is 11.5 Å². The van der Waals surface area contributed by atoms with E-state index in [0.29, 0.717) is 17.1 Å². The van der Waals surface area contributed by atoms with Crippen molar-refractivity contribution in [2.24, 2.45) is 11.3 Å². The van der Waals surface area contributed by atoms with Crippen LogP contribution in [0.4, 0.5) is 0 Å². The van der Waals surface area contributed by atoms with E-state index in [2.05, 4.69) is 34.6 Å². The van der Waals surface area contributed by atoms with Gasteiger partial charge in [-0.1, -0.05) is 41.0 Å². The Labute approximate surface area is 150 Å². The number of methoxy groups -OCH3 is 1. The van der Waals surface area contributed by atoms with E-state index in [1.54, 1.807) is 7.11 Å². The summed E-state index contributed by atoms with van der Waals surface area (Å²) >= 11 is 0. The van der Waals surface area contributed by atoms with Crippen molar-refractivity contribution in [2.75, 3.05) is 7.11 Å². The fraction of sp³-hybridized carbons (Fsp3) is 0.667. The second-order valence-electron chi connectivity index (χ2n) is 8.81. The largest absolute Gasteiger partial charge is 0.493 e. The molecule has 1 aliphatic heterocycles. The number of hydrogen-bond donors (Lipinski definition) is 1. The van der Waals surface area contributed by atoms with Crippen molar-refractivity contribution in [3.05, 3.63) is 22.8 Å². The Balaban J connectivity index is 2.33. The molecule has 1 N–H and O–H groups in total. The molecule has 3 atom stereocenters. The number of aldehydes is 1. The molecule has 0 unspecified atom stereocenters. The van der Waals surface area contributed by atoms with Crippen molar-refractivity contribution < 1.29 is 19.4 Å². The molecule has 0 spiro atoms. The maximum atomic E-state index is 12.0. The van der Waals surface area contributed by atoms with Gasteiger partial charge in [0.2, 0.25) is 6.29 Å². The quantitative estimate of drug-likeness (QED) is 0.823. The SMILES string of the molecule is COc1c(C(C)C)cc(C=O)c2c1O[C@@H](O)[C@H]1C(C)(C)CCC[C@]21C. The molecule has 1 aliphatic carbocycles. The lowest BCUT2D eigenvalue weighted by atomic mass is 9.52. The summed E-state index contributed by atoms with van der Waals surface area (Å²) in [5.41, 5.74) is 2.14. The van der Waals surface area contributed by atoms with E-state index in [0.717, 1.165) is 36.7 Å². The fourth-order valence-electron chi connectivity index (χ4n) is 5.37. The molecule has 2 aliphatic rings. The second-order valence-corrected chi connectivity index (χ2v) is 8.81. The van der Waals surface area contributed by atoms with Gasteiger partial charge in [-0.3, -0.25) is 4.79 Å². The summed E-state index contributed by atoms with van der Waals surface area (Å²) in [6.07, 6.45) is 3.07. The molecule has 3 rings (SSSR count). The number of aliphatic hydroxyl groups is 1. The van der Waals surface area contributed by atoms with Gasteiger partial charge in [-0.2, -0.15) is 0 Å². The number of fused-ring (bicyclic) bond motifs is 3. The first-order chi connectivity index (χ1) is 11.7. The van der Waals surface area contributed by atoms with Crippen molar-refractivity contribution in [1.82, 2.24) is 0 Å². The van der Waals surface area contributed by atoms with Crippen LogP contribution >= 0.6 is 0 Å². The molecule has 0 radical (unpaired) electrons. The first kappa shape index (κ1) is 18.2. The van der Waals surface area contributed by atoms with Crippen molar-refractivity contribution in [3.63, 3.8) is 0 Å². The van der Waals surface area contributed by atoms with E-state index >= 15 is 0 Å². The summed E-state index contributed by atoms with van der Waals surface area (Å²) < 4.78 is 11.7. The Kier molecular flexibility index (Phi) is 4.39. The molecular weight excluding hydrogens is 316 g/mol. The highest BCUT2D eigenvalue weighted by molar-refractivity contribution is 5.82. The number of carbonyl (C=O) groups is 1. The Morgan fingerprint density at radius 2 is 2.00 bits per heavy atom. The fourth-order valence-corrected chi connectivity index (χ4v) is 5.37. The highest BCUT2D eigenvalue weighted by atomic mass is 16.6. The lowest BCUT2D eigenvalue weighted by Gasteiger charge is -2.55. The Hall–Kier alpha value is -1.55. The Bertz CT molecular complexity index is 692. The first-order valence-corrected chi connectivity index (χ1v) is 9.22. The number of rotatable bonds is 3. The second kappa shape index (κ2) is 6.01. The molecule has 4 heteroatoms. The maximum absolute atomic E-state index is 12.0. The van der Waals surface area contributed by atoms with Gasteiger partial charge in [0, 0.05) is 28.0 Å². The van der Waals surface area contributed by atoms with Gasteiger partial charge in [-0.25, -0.2) is 0 Å². The molecule has 0 amide bonds. The summed E-state index contributed by atoms with van der Waals surface area (Å²) in [6.45, 7) is 10.7. The van der Waals surface area contributed by atoms with Crippen LogP contribution in [0.2, 0.25) is 0 Å². The van der Waals surface area contributed by atoms with E-state index in [9.17, 15) is 9.90 Å². The third-order valence-electron chi connectivity index (χ3n) is 6.39. The molecule has 0 aromatic heterocycles. The standard InChI is InChI=1S/C21H30O4/c1-12(2)14-10-13(11-22)15-17(16(14)24-6)25-19(23)18-20(3,4)8-7-9-21(15,18)5/h10-12,18-19,23H,7-9H2,1-6H3/t18-,19+,21+/m0/s1. The van der Waals surface area contributed by atoms with Crippen molar-refractivity contribution in [1.29, 1.82) is 0 Å². The van der Waals surface area contributed by atoms with E-state index in [1.807, 2.05) is 6.07 Å². The summed E-state index contributed by atoms with van der Waals surface area (Å²) in [6, 6.07) is 1.94. The summed E-state index contributed by atoms with van der Waals surface area (Å²) in [5, 5.41) is 10.9. The minimum atomic E-state index is -0.899. The predicted molar refractivity (Wildman–Crippen MR) is 97.6 cm³/mol. The van der Waals surface area contributed by atoms with Crippen LogP contribution in [0.1, 0.15) is 81.3 Å². The summed E-state index contributed by atoms with van der Waals surface area (Å²) in [5.74, 6) is 1.33. The van der Waals surface area contributed by atoms with Crippen molar-refractivity contribution >= 4 is 6.29 Å². The smallest absolute Gasteiger partial charge is 0.201 e. The normalized spacial score (nSPS) is 30.2.